The predicted molar refractivity (Wildman–Crippen MR) is 115 cm³/mol. The average molecular weight is 406 g/mol. The Labute approximate surface area is 176 Å². The third-order valence-corrected chi connectivity index (χ3v) is 4.70. The van der Waals surface area contributed by atoms with Crippen molar-refractivity contribution in [3.8, 4) is 17.2 Å². The molecule has 0 aliphatic carbocycles. The third kappa shape index (κ3) is 5.73. The molecule has 6 heteroatoms. The van der Waals surface area contributed by atoms with Gasteiger partial charge < -0.3 is 19.5 Å². The van der Waals surface area contributed by atoms with Gasteiger partial charge in [-0.15, -0.1) is 0 Å². The second-order valence-electron chi connectivity index (χ2n) is 6.87. The Morgan fingerprint density at radius 2 is 1.77 bits per heavy atom. The number of ether oxygens (including phenoxy) is 3. The molecule has 6 nitrogen and oxygen atoms in total. The van der Waals surface area contributed by atoms with E-state index in [1.165, 1.54) is 0 Å². The van der Waals surface area contributed by atoms with Crippen LogP contribution in [-0.2, 0) is 17.8 Å². The van der Waals surface area contributed by atoms with E-state index < -0.39 is 0 Å². The maximum Gasteiger partial charge on any atom is 0.224 e. The van der Waals surface area contributed by atoms with Gasteiger partial charge in [0.05, 0.1) is 26.7 Å². The van der Waals surface area contributed by atoms with Crippen LogP contribution >= 0.6 is 0 Å². The highest BCUT2D eigenvalue weighted by Crippen LogP contribution is 2.27. The van der Waals surface area contributed by atoms with Crippen molar-refractivity contribution in [2.45, 2.75) is 26.0 Å². The van der Waals surface area contributed by atoms with Gasteiger partial charge in [-0.1, -0.05) is 24.3 Å². The smallest absolute Gasteiger partial charge is 0.224 e. The zero-order chi connectivity index (χ0) is 21.3. The van der Waals surface area contributed by atoms with E-state index in [-0.39, 0.29) is 18.4 Å². The third-order valence-electron chi connectivity index (χ3n) is 4.70. The largest absolute Gasteiger partial charge is 0.493 e. The van der Waals surface area contributed by atoms with Crippen molar-refractivity contribution in [2.75, 3.05) is 14.2 Å². The fourth-order valence-corrected chi connectivity index (χ4v) is 3.05. The number of rotatable bonds is 9. The van der Waals surface area contributed by atoms with Crippen LogP contribution in [0.5, 0.6) is 17.2 Å². The van der Waals surface area contributed by atoms with Crippen LogP contribution in [0.1, 0.15) is 29.7 Å². The Kier molecular flexibility index (Phi) is 7.27. The van der Waals surface area contributed by atoms with Gasteiger partial charge in [-0.05, 0) is 48.4 Å². The summed E-state index contributed by atoms with van der Waals surface area (Å²) in [6, 6.07) is 16.9. The molecule has 0 bridgehead atoms. The van der Waals surface area contributed by atoms with Crippen LogP contribution in [0.3, 0.4) is 0 Å². The van der Waals surface area contributed by atoms with Gasteiger partial charge in [0.25, 0.3) is 0 Å². The van der Waals surface area contributed by atoms with E-state index in [2.05, 4.69) is 10.3 Å². The summed E-state index contributed by atoms with van der Waals surface area (Å²) in [6.45, 7) is 2.42. The Hall–Kier alpha value is -3.54. The van der Waals surface area contributed by atoms with Crippen molar-refractivity contribution in [1.29, 1.82) is 0 Å². The predicted octanol–water partition coefficient (Wildman–Crippen LogP) is 4.10. The first-order valence-corrected chi connectivity index (χ1v) is 9.71. The van der Waals surface area contributed by atoms with Crippen molar-refractivity contribution in [3.05, 3.63) is 83.7 Å². The second-order valence-corrected chi connectivity index (χ2v) is 6.87. The lowest BCUT2D eigenvalue weighted by Gasteiger charge is -2.16. The number of hydrogen-bond donors (Lipinski definition) is 1. The summed E-state index contributed by atoms with van der Waals surface area (Å²) in [7, 11) is 3.16. The minimum absolute atomic E-state index is 0.0633. The van der Waals surface area contributed by atoms with Crippen LogP contribution in [-0.4, -0.2) is 25.1 Å². The van der Waals surface area contributed by atoms with E-state index in [0.29, 0.717) is 18.1 Å². The first kappa shape index (κ1) is 21.2. The number of hydrogen-bond acceptors (Lipinski definition) is 5. The van der Waals surface area contributed by atoms with Crippen LogP contribution in [0.2, 0.25) is 0 Å². The molecule has 0 aliphatic heterocycles. The van der Waals surface area contributed by atoms with E-state index in [4.69, 9.17) is 14.2 Å². The van der Waals surface area contributed by atoms with Crippen molar-refractivity contribution in [3.63, 3.8) is 0 Å². The quantitative estimate of drug-likeness (QED) is 0.579. The monoisotopic (exact) mass is 406 g/mol. The lowest BCUT2D eigenvalue weighted by Crippen LogP contribution is -2.28. The van der Waals surface area contributed by atoms with Crippen LogP contribution < -0.4 is 19.5 Å². The average Bonchev–Trinajstić information content (AvgIpc) is 2.78. The summed E-state index contributed by atoms with van der Waals surface area (Å²) in [5.41, 5.74) is 2.87. The molecule has 1 atom stereocenters. The normalized spacial score (nSPS) is 11.4. The van der Waals surface area contributed by atoms with E-state index in [1.807, 2.05) is 55.5 Å². The van der Waals surface area contributed by atoms with Gasteiger partial charge in [0.2, 0.25) is 5.91 Å². The van der Waals surface area contributed by atoms with E-state index in [1.54, 1.807) is 32.7 Å². The van der Waals surface area contributed by atoms with E-state index in [9.17, 15) is 4.79 Å². The number of amides is 1. The zero-order valence-corrected chi connectivity index (χ0v) is 17.4. The second kappa shape index (κ2) is 10.3. The number of aromatic nitrogens is 1. The molecule has 0 radical (unpaired) electrons. The van der Waals surface area contributed by atoms with Gasteiger partial charge >= 0.3 is 0 Å². The fraction of sp³-hybridized carbons (Fsp3) is 0.250. The molecular weight excluding hydrogens is 380 g/mol. The van der Waals surface area contributed by atoms with Crippen molar-refractivity contribution < 1.29 is 19.0 Å². The molecule has 156 valence electrons. The van der Waals surface area contributed by atoms with Gasteiger partial charge in [0, 0.05) is 18.0 Å². The molecule has 0 saturated carbocycles. The van der Waals surface area contributed by atoms with Crippen LogP contribution in [0.4, 0.5) is 0 Å². The van der Waals surface area contributed by atoms with Gasteiger partial charge in [-0.3, -0.25) is 9.78 Å². The summed E-state index contributed by atoms with van der Waals surface area (Å²) < 4.78 is 16.3. The topological polar surface area (TPSA) is 69.7 Å². The highest BCUT2D eigenvalue weighted by Gasteiger charge is 2.12. The van der Waals surface area contributed by atoms with Crippen LogP contribution in [0.15, 0.2) is 67.0 Å². The van der Waals surface area contributed by atoms with Gasteiger partial charge in [0.15, 0.2) is 11.5 Å². The molecule has 0 fully saturated rings. The summed E-state index contributed by atoms with van der Waals surface area (Å²) in [4.78, 5) is 16.5. The molecule has 30 heavy (non-hydrogen) atoms. The summed E-state index contributed by atoms with van der Waals surface area (Å²) in [5, 5.41) is 3.03. The highest BCUT2D eigenvalue weighted by atomic mass is 16.5. The number of carbonyl (C=O) groups excluding carboxylic acids is 1. The molecule has 1 amide bonds. The van der Waals surface area contributed by atoms with Crippen LogP contribution in [0.25, 0.3) is 0 Å². The standard InChI is InChI=1S/C24H26N2O4/c1-17(26-24(27)14-18-6-11-22(28-2)23(13-18)29-3)20-7-9-21(10-8-20)30-16-19-5-4-12-25-15-19/h4-13,15,17H,14,16H2,1-3H3,(H,26,27). The minimum Gasteiger partial charge on any atom is -0.493 e. The van der Waals surface area contributed by atoms with Crippen LogP contribution in [0, 0.1) is 0 Å². The highest BCUT2D eigenvalue weighted by molar-refractivity contribution is 5.79. The summed E-state index contributed by atoms with van der Waals surface area (Å²) >= 11 is 0. The lowest BCUT2D eigenvalue weighted by molar-refractivity contribution is -0.121. The molecule has 1 unspecified atom stereocenters. The number of benzene rings is 2. The molecule has 1 aromatic heterocycles. The minimum atomic E-state index is -0.120. The van der Waals surface area contributed by atoms with Crippen molar-refractivity contribution in [1.82, 2.24) is 10.3 Å². The SMILES string of the molecule is COc1ccc(CC(=O)NC(C)c2ccc(OCc3cccnc3)cc2)cc1OC. The zero-order valence-electron chi connectivity index (χ0n) is 17.4. The molecule has 2 aromatic carbocycles. The summed E-state index contributed by atoms with van der Waals surface area (Å²) in [6.07, 6.45) is 3.78. The maximum atomic E-state index is 12.5. The Morgan fingerprint density at radius 1 is 1.00 bits per heavy atom. The van der Waals surface area contributed by atoms with Crippen molar-refractivity contribution >= 4 is 5.91 Å². The van der Waals surface area contributed by atoms with Crippen molar-refractivity contribution in [2.24, 2.45) is 0 Å². The number of nitrogens with one attached hydrogen (secondary N) is 1. The Balaban J connectivity index is 1.53. The first-order valence-electron chi connectivity index (χ1n) is 9.71. The summed E-state index contributed by atoms with van der Waals surface area (Å²) in [5.74, 6) is 1.96. The fourth-order valence-electron chi connectivity index (χ4n) is 3.05. The molecule has 3 aromatic rings. The Bertz CT molecular complexity index is 959. The number of methoxy groups -OCH3 is 2. The van der Waals surface area contributed by atoms with Gasteiger partial charge in [-0.2, -0.15) is 0 Å². The number of pyridine rings is 1. The maximum absolute atomic E-state index is 12.5. The Morgan fingerprint density at radius 3 is 2.43 bits per heavy atom. The van der Waals surface area contributed by atoms with E-state index in [0.717, 1.165) is 22.4 Å². The number of nitrogens with zero attached hydrogens (tertiary/aromatic N) is 1. The molecule has 1 N–H and O–H groups in total. The molecule has 0 spiro atoms. The molecule has 0 saturated heterocycles. The van der Waals surface area contributed by atoms with Gasteiger partial charge in [-0.25, -0.2) is 0 Å². The molecule has 0 aliphatic rings. The molecule has 3 rings (SSSR count). The lowest BCUT2D eigenvalue weighted by atomic mass is 10.1. The molecular formula is C24H26N2O4. The number of carbonyl (C=O) groups is 1. The first-order chi connectivity index (χ1) is 14.6. The van der Waals surface area contributed by atoms with Gasteiger partial charge in [0.1, 0.15) is 12.4 Å². The molecule has 1 heterocycles. The van der Waals surface area contributed by atoms with E-state index >= 15 is 0 Å².